The Hall–Kier alpha value is -4.32. The Labute approximate surface area is 257 Å². The lowest BCUT2D eigenvalue weighted by atomic mass is 9.83. The predicted octanol–water partition coefficient (Wildman–Crippen LogP) is 9.28. The SMILES string of the molecule is CC1(C)CN(c2ccccc2NC(=O)Nc2nc3ccc(F)cc3s2)c2c(O)cc(F)c(-c3nc4ccc(Cl)cc4s3)c21. The van der Waals surface area contributed by atoms with E-state index in [4.69, 9.17) is 16.6 Å². The third kappa shape index (κ3) is 4.83. The Kier molecular flexibility index (Phi) is 6.49. The van der Waals surface area contributed by atoms with Crippen molar-refractivity contribution in [2.24, 2.45) is 0 Å². The van der Waals surface area contributed by atoms with Crippen molar-refractivity contribution in [3.63, 3.8) is 0 Å². The number of urea groups is 1. The molecule has 6 aromatic rings. The Bertz CT molecular complexity index is 2090. The molecule has 3 heterocycles. The second kappa shape index (κ2) is 10.1. The molecule has 0 aliphatic carbocycles. The highest BCUT2D eigenvalue weighted by atomic mass is 35.5. The monoisotopic (exact) mass is 633 g/mol. The minimum atomic E-state index is -0.606. The lowest BCUT2D eigenvalue weighted by molar-refractivity contribution is 0.262. The van der Waals surface area contributed by atoms with Gasteiger partial charge in [0.25, 0.3) is 0 Å². The summed E-state index contributed by atoms with van der Waals surface area (Å²) >= 11 is 8.68. The maximum Gasteiger partial charge on any atom is 0.325 e. The number of rotatable bonds is 4. The molecule has 3 N–H and O–H groups in total. The zero-order valence-electron chi connectivity index (χ0n) is 22.7. The van der Waals surface area contributed by atoms with Crippen LogP contribution in [0.1, 0.15) is 19.4 Å². The summed E-state index contributed by atoms with van der Waals surface area (Å²) in [5.74, 6) is -1.17. The highest BCUT2D eigenvalue weighted by molar-refractivity contribution is 7.22. The molecule has 0 unspecified atom stereocenters. The summed E-state index contributed by atoms with van der Waals surface area (Å²) in [4.78, 5) is 24.0. The number of aromatic nitrogens is 2. The molecule has 7 rings (SSSR count). The van der Waals surface area contributed by atoms with Gasteiger partial charge in [-0.15, -0.1) is 11.3 Å². The molecule has 1 aliphatic heterocycles. The number of carbonyl (C=O) groups is 1. The Morgan fingerprint density at radius 2 is 1.72 bits per heavy atom. The van der Waals surface area contributed by atoms with E-state index in [1.165, 1.54) is 23.5 Å². The van der Waals surface area contributed by atoms with Gasteiger partial charge in [-0.05, 0) is 48.5 Å². The van der Waals surface area contributed by atoms with Crippen LogP contribution in [0.5, 0.6) is 5.75 Å². The van der Waals surface area contributed by atoms with Gasteiger partial charge in [0.1, 0.15) is 22.4 Å². The Morgan fingerprint density at radius 3 is 2.56 bits per heavy atom. The number of carbonyl (C=O) groups excluding carboxylic acids is 1. The fourth-order valence-corrected chi connectivity index (χ4v) is 7.73. The molecule has 43 heavy (non-hydrogen) atoms. The van der Waals surface area contributed by atoms with Crippen molar-refractivity contribution in [1.82, 2.24) is 9.97 Å². The van der Waals surface area contributed by atoms with Crippen LogP contribution in [-0.4, -0.2) is 27.7 Å². The van der Waals surface area contributed by atoms with Gasteiger partial charge in [-0.1, -0.05) is 48.9 Å². The summed E-state index contributed by atoms with van der Waals surface area (Å²) in [5, 5.41) is 18.1. The van der Waals surface area contributed by atoms with Crippen molar-refractivity contribution in [1.29, 1.82) is 0 Å². The molecular weight excluding hydrogens is 612 g/mol. The minimum Gasteiger partial charge on any atom is -0.506 e. The van der Waals surface area contributed by atoms with Crippen molar-refractivity contribution in [2.45, 2.75) is 19.3 Å². The van der Waals surface area contributed by atoms with Gasteiger partial charge in [-0.25, -0.2) is 23.5 Å². The lowest BCUT2D eigenvalue weighted by Crippen LogP contribution is -2.27. The number of amides is 2. The first kappa shape index (κ1) is 27.5. The van der Waals surface area contributed by atoms with Gasteiger partial charge in [0.05, 0.1) is 43.1 Å². The van der Waals surface area contributed by atoms with Crippen LogP contribution in [-0.2, 0) is 5.41 Å². The number of benzene rings is 4. The summed E-state index contributed by atoms with van der Waals surface area (Å²) in [6, 6.07) is 17.3. The maximum absolute atomic E-state index is 15.7. The van der Waals surface area contributed by atoms with Gasteiger partial charge in [0.2, 0.25) is 0 Å². The molecule has 0 bridgehead atoms. The second-order valence-electron chi connectivity index (χ2n) is 10.8. The number of fused-ring (bicyclic) bond motifs is 3. The Morgan fingerprint density at radius 1 is 0.977 bits per heavy atom. The molecule has 2 aromatic heterocycles. The number of para-hydroxylation sites is 2. The summed E-state index contributed by atoms with van der Waals surface area (Å²) in [6.07, 6.45) is 0. The molecule has 2 amide bonds. The first-order chi connectivity index (χ1) is 20.6. The number of hydrogen-bond donors (Lipinski definition) is 3. The van der Waals surface area contributed by atoms with Gasteiger partial charge < -0.3 is 15.3 Å². The van der Waals surface area contributed by atoms with Gasteiger partial charge in [0.15, 0.2) is 5.13 Å². The van der Waals surface area contributed by atoms with E-state index in [0.29, 0.717) is 65.6 Å². The first-order valence-corrected chi connectivity index (χ1v) is 15.2. The van der Waals surface area contributed by atoms with E-state index in [1.54, 1.807) is 36.4 Å². The number of nitrogens with zero attached hydrogens (tertiary/aromatic N) is 3. The normalized spacial score (nSPS) is 13.9. The van der Waals surface area contributed by atoms with Gasteiger partial charge in [0, 0.05) is 28.6 Å². The number of phenols is 1. The largest absolute Gasteiger partial charge is 0.506 e. The average molecular weight is 634 g/mol. The number of anilines is 4. The minimum absolute atomic E-state index is 0.216. The van der Waals surface area contributed by atoms with Crippen molar-refractivity contribution in [2.75, 3.05) is 22.1 Å². The summed E-state index contributed by atoms with van der Waals surface area (Å²) < 4.78 is 30.8. The van der Waals surface area contributed by atoms with E-state index < -0.39 is 17.3 Å². The zero-order chi connectivity index (χ0) is 30.0. The van der Waals surface area contributed by atoms with Crippen molar-refractivity contribution < 1.29 is 18.7 Å². The van der Waals surface area contributed by atoms with Gasteiger partial charge >= 0.3 is 6.03 Å². The number of thiazole rings is 2. The van der Waals surface area contributed by atoms with Crippen LogP contribution in [0.2, 0.25) is 5.02 Å². The van der Waals surface area contributed by atoms with E-state index in [9.17, 15) is 14.3 Å². The quantitative estimate of drug-likeness (QED) is 0.180. The van der Waals surface area contributed by atoms with E-state index in [2.05, 4.69) is 15.6 Å². The zero-order valence-corrected chi connectivity index (χ0v) is 25.1. The van der Waals surface area contributed by atoms with Crippen LogP contribution in [0, 0.1) is 11.6 Å². The second-order valence-corrected chi connectivity index (χ2v) is 13.3. The standard InChI is InChI=1S/C31H22ClF2N5O2S2/c1-31(2)14-39(27-22(40)13-17(34)25(26(27)31)28-35-19-9-7-15(32)11-23(19)42-28)21-6-4-3-5-18(21)36-29(41)38-30-37-20-10-8-16(33)12-24(20)43-30/h3-13,40H,14H2,1-2H3,(H2,36,37,38,41). The molecule has 0 spiro atoms. The van der Waals surface area contributed by atoms with Gasteiger partial charge in [-0.3, -0.25) is 5.32 Å². The highest BCUT2D eigenvalue weighted by Gasteiger charge is 2.42. The lowest BCUT2D eigenvalue weighted by Gasteiger charge is -2.25. The summed E-state index contributed by atoms with van der Waals surface area (Å²) in [6.45, 7) is 4.36. The smallest absolute Gasteiger partial charge is 0.325 e. The number of phenolic OH excluding ortho intramolecular Hbond substituents is 1. The molecule has 216 valence electrons. The van der Waals surface area contributed by atoms with Crippen LogP contribution in [0.4, 0.5) is 35.8 Å². The van der Waals surface area contributed by atoms with Crippen molar-refractivity contribution >= 4 is 82.9 Å². The number of nitrogens with one attached hydrogen (secondary N) is 2. The van der Waals surface area contributed by atoms with Crippen LogP contribution in [0.15, 0.2) is 66.7 Å². The maximum atomic E-state index is 15.7. The molecule has 0 saturated carbocycles. The third-order valence-corrected chi connectivity index (χ3v) is 9.51. The summed E-state index contributed by atoms with van der Waals surface area (Å²) in [7, 11) is 0. The van der Waals surface area contributed by atoms with E-state index >= 15 is 4.39 Å². The number of hydrogen-bond acceptors (Lipinski definition) is 7. The van der Waals surface area contributed by atoms with E-state index in [1.807, 2.05) is 30.9 Å². The molecule has 1 aliphatic rings. The van der Waals surface area contributed by atoms with Crippen LogP contribution >= 0.6 is 34.3 Å². The Balaban J connectivity index is 1.26. The highest BCUT2D eigenvalue weighted by Crippen LogP contribution is 2.55. The molecule has 0 radical (unpaired) electrons. The van der Waals surface area contributed by atoms with Crippen LogP contribution in [0.3, 0.4) is 0 Å². The molecule has 0 atom stereocenters. The molecule has 0 fully saturated rings. The molecule has 12 heteroatoms. The number of halogens is 3. The fourth-order valence-electron chi connectivity index (χ4n) is 5.55. The topological polar surface area (TPSA) is 90.4 Å². The van der Waals surface area contributed by atoms with Crippen LogP contribution < -0.4 is 15.5 Å². The van der Waals surface area contributed by atoms with E-state index in [0.717, 1.165) is 22.1 Å². The molecule has 0 saturated heterocycles. The fraction of sp³-hybridized carbons (Fsp3) is 0.129. The van der Waals surface area contributed by atoms with Crippen molar-refractivity contribution in [3.8, 4) is 16.3 Å². The average Bonchev–Trinajstić information content (AvgIpc) is 3.61. The number of aromatic hydroxyl groups is 1. The molecule has 7 nitrogen and oxygen atoms in total. The predicted molar refractivity (Wildman–Crippen MR) is 170 cm³/mol. The molecular formula is C31H22ClF2N5O2S2. The molecule has 4 aromatic carbocycles. The van der Waals surface area contributed by atoms with E-state index in [-0.39, 0.29) is 11.6 Å². The van der Waals surface area contributed by atoms with Crippen LogP contribution in [0.25, 0.3) is 31.0 Å². The third-order valence-electron chi connectivity index (χ3n) is 7.31. The summed E-state index contributed by atoms with van der Waals surface area (Å²) in [5.41, 5.74) is 3.15. The van der Waals surface area contributed by atoms with Crippen molar-refractivity contribution in [3.05, 3.63) is 89.0 Å². The first-order valence-electron chi connectivity index (χ1n) is 13.2. The van der Waals surface area contributed by atoms with Gasteiger partial charge in [-0.2, -0.15) is 0 Å².